The van der Waals surface area contributed by atoms with E-state index in [1.807, 2.05) is 0 Å². The van der Waals surface area contributed by atoms with Gasteiger partial charge in [0.25, 0.3) is 0 Å². The maximum atomic E-state index is 4.10. The van der Waals surface area contributed by atoms with Crippen molar-refractivity contribution in [1.29, 1.82) is 0 Å². The van der Waals surface area contributed by atoms with Crippen LogP contribution < -0.4 is 0 Å². The van der Waals surface area contributed by atoms with Crippen molar-refractivity contribution in [3.8, 4) is 0 Å². The first-order chi connectivity index (χ1) is 8.47. The van der Waals surface area contributed by atoms with Crippen LogP contribution in [-0.2, 0) is 18.3 Å². The number of hydrogen-bond acceptors (Lipinski definition) is 2. The molecule has 2 rings (SSSR count). The van der Waals surface area contributed by atoms with Crippen molar-refractivity contribution < 1.29 is 0 Å². The highest BCUT2D eigenvalue weighted by Gasteiger charge is 2.14. The van der Waals surface area contributed by atoms with Gasteiger partial charge in [-0.25, -0.2) is 0 Å². The van der Waals surface area contributed by atoms with Crippen molar-refractivity contribution in [1.82, 2.24) is 15.4 Å². The predicted molar refractivity (Wildman–Crippen MR) is 73.7 cm³/mol. The Morgan fingerprint density at radius 2 is 1.94 bits per heavy atom. The summed E-state index contributed by atoms with van der Waals surface area (Å²) in [5, 5.41) is 10.6. The molecule has 1 N–H and O–H groups in total. The minimum absolute atomic E-state index is 0.205. The zero-order valence-corrected chi connectivity index (χ0v) is 11.6. The fourth-order valence-corrected chi connectivity index (χ4v) is 2.02. The molecule has 96 valence electrons. The van der Waals surface area contributed by atoms with Crippen molar-refractivity contribution in [3.63, 3.8) is 0 Å². The second-order valence-corrected chi connectivity index (χ2v) is 5.85. The van der Waals surface area contributed by atoms with Crippen molar-refractivity contribution in [2.24, 2.45) is 0 Å². The fraction of sp³-hybridized carbons (Fsp3) is 0.467. The lowest BCUT2D eigenvalue weighted by atomic mass is 9.84. The Kier molecular flexibility index (Phi) is 3.50. The van der Waals surface area contributed by atoms with E-state index in [2.05, 4.69) is 61.3 Å². The Balaban J connectivity index is 2.16. The van der Waals surface area contributed by atoms with Gasteiger partial charge < -0.3 is 0 Å². The van der Waals surface area contributed by atoms with Gasteiger partial charge in [0.15, 0.2) is 0 Å². The standard InChI is InChI=1S/C15H21N3/c1-11-5-7-13(15(2,3)4)9-12(11)6-8-14-10-16-18-17-14/h5,7,9-10H,6,8H2,1-4H3,(H,16,17,18). The number of H-pyrrole nitrogens is 1. The normalized spacial score (nSPS) is 11.8. The van der Waals surface area contributed by atoms with Gasteiger partial charge in [0.05, 0.1) is 11.9 Å². The third kappa shape index (κ3) is 2.97. The lowest BCUT2D eigenvalue weighted by Gasteiger charge is -2.20. The number of hydrogen-bond donors (Lipinski definition) is 1. The second kappa shape index (κ2) is 4.92. The van der Waals surface area contributed by atoms with Crippen LogP contribution in [0.2, 0.25) is 0 Å². The summed E-state index contributed by atoms with van der Waals surface area (Å²) in [6.07, 6.45) is 3.75. The molecule has 2 aromatic rings. The first-order valence-corrected chi connectivity index (χ1v) is 6.41. The third-order valence-corrected chi connectivity index (χ3v) is 3.33. The summed E-state index contributed by atoms with van der Waals surface area (Å²) in [6.45, 7) is 8.92. The van der Waals surface area contributed by atoms with E-state index in [0.717, 1.165) is 18.5 Å². The highest BCUT2D eigenvalue weighted by atomic mass is 15.3. The van der Waals surface area contributed by atoms with E-state index in [1.54, 1.807) is 6.20 Å². The molecule has 0 saturated carbocycles. The predicted octanol–water partition coefficient (Wildman–Crippen LogP) is 3.20. The fourth-order valence-electron chi connectivity index (χ4n) is 2.02. The number of aromatic nitrogens is 3. The summed E-state index contributed by atoms with van der Waals surface area (Å²) < 4.78 is 0. The van der Waals surface area contributed by atoms with Crippen molar-refractivity contribution in [2.75, 3.05) is 0 Å². The van der Waals surface area contributed by atoms with E-state index in [9.17, 15) is 0 Å². The first-order valence-electron chi connectivity index (χ1n) is 6.41. The number of nitrogens with zero attached hydrogens (tertiary/aromatic N) is 2. The highest BCUT2D eigenvalue weighted by molar-refractivity contribution is 5.34. The van der Waals surface area contributed by atoms with Crippen LogP contribution in [-0.4, -0.2) is 15.4 Å². The molecule has 0 radical (unpaired) electrons. The van der Waals surface area contributed by atoms with Gasteiger partial charge >= 0.3 is 0 Å². The molecular weight excluding hydrogens is 222 g/mol. The molecule has 0 fully saturated rings. The average molecular weight is 243 g/mol. The number of aryl methyl sites for hydroxylation is 3. The van der Waals surface area contributed by atoms with Crippen LogP contribution in [0, 0.1) is 6.92 Å². The molecule has 0 aliphatic carbocycles. The molecule has 0 aliphatic rings. The number of benzene rings is 1. The zero-order valence-electron chi connectivity index (χ0n) is 11.6. The van der Waals surface area contributed by atoms with E-state index < -0.39 is 0 Å². The number of aromatic amines is 1. The minimum Gasteiger partial charge on any atom is -0.198 e. The summed E-state index contributed by atoms with van der Waals surface area (Å²) in [7, 11) is 0. The molecule has 1 heterocycles. The smallest absolute Gasteiger partial charge is 0.0828 e. The Morgan fingerprint density at radius 3 is 2.56 bits per heavy atom. The Morgan fingerprint density at radius 1 is 1.17 bits per heavy atom. The molecule has 18 heavy (non-hydrogen) atoms. The summed E-state index contributed by atoms with van der Waals surface area (Å²) >= 11 is 0. The molecule has 0 spiro atoms. The minimum atomic E-state index is 0.205. The summed E-state index contributed by atoms with van der Waals surface area (Å²) in [5.41, 5.74) is 5.38. The van der Waals surface area contributed by atoms with E-state index in [4.69, 9.17) is 0 Å². The largest absolute Gasteiger partial charge is 0.198 e. The van der Waals surface area contributed by atoms with Crippen LogP contribution in [0.1, 0.15) is 43.2 Å². The monoisotopic (exact) mass is 243 g/mol. The van der Waals surface area contributed by atoms with Gasteiger partial charge in [0, 0.05) is 0 Å². The van der Waals surface area contributed by atoms with Gasteiger partial charge in [-0.05, 0) is 41.9 Å². The summed E-state index contributed by atoms with van der Waals surface area (Å²) in [6, 6.07) is 6.78. The van der Waals surface area contributed by atoms with Gasteiger partial charge in [-0.2, -0.15) is 15.4 Å². The number of rotatable bonds is 3. The second-order valence-electron chi connectivity index (χ2n) is 5.85. The molecule has 1 aromatic heterocycles. The molecular formula is C15H21N3. The van der Waals surface area contributed by atoms with Gasteiger partial charge in [-0.3, -0.25) is 0 Å². The van der Waals surface area contributed by atoms with Gasteiger partial charge in [-0.15, -0.1) is 0 Å². The van der Waals surface area contributed by atoms with Crippen LogP contribution in [0.25, 0.3) is 0 Å². The lowest BCUT2D eigenvalue weighted by Crippen LogP contribution is -2.12. The summed E-state index contributed by atoms with van der Waals surface area (Å²) in [4.78, 5) is 0. The van der Waals surface area contributed by atoms with Gasteiger partial charge in [-0.1, -0.05) is 39.0 Å². The molecule has 0 atom stereocenters. The maximum absolute atomic E-state index is 4.10. The van der Waals surface area contributed by atoms with Crippen molar-refractivity contribution in [2.45, 2.75) is 46.0 Å². The van der Waals surface area contributed by atoms with Crippen LogP contribution in [0.3, 0.4) is 0 Å². The van der Waals surface area contributed by atoms with E-state index in [0.29, 0.717) is 0 Å². The topological polar surface area (TPSA) is 41.6 Å². The van der Waals surface area contributed by atoms with Crippen LogP contribution in [0.4, 0.5) is 0 Å². The molecule has 0 amide bonds. The Labute approximate surface area is 109 Å². The molecule has 1 aromatic carbocycles. The van der Waals surface area contributed by atoms with Crippen LogP contribution in [0.15, 0.2) is 24.4 Å². The van der Waals surface area contributed by atoms with Gasteiger partial charge in [0.2, 0.25) is 0 Å². The van der Waals surface area contributed by atoms with E-state index in [1.165, 1.54) is 16.7 Å². The maximum Gasteiger partial charge on any atom is 0.0828 e. The van der Waals surface area contributed by atoms with Crippen LogP contribution in [0.5, 0.6) is 0 Å². The molecule has 3 heteroatoms. The van der Waals surface area contributed by atoms with E-state index in [-0.39, 0.29) is 5.41 Å². The van der Waals surface area contributed by atoms with E-state index >= 15 is 0 Å². The zero-order chi connectivity index (χ0) is 13.2. The average Bonchev–Trinajstić information content (AvgIpc) is 2.79. The quantitative estimate of drug-likeness (QED) is 0.899. The number of nitrogens with one attached hydrogen (secondary N) is 1. The van der Waals surface area contributed by atoms with Gasteiger partial charge in [0.1, 0.15) is 0 Å². The Bertz CT molecular complexity index is 507. The van der Waals surface area contributed by atoms with Crippen molar-refractivity contribution in [3.05, 3.63) is 46.8 Å². The van der Waals surface area contributed by atoms with Crippen molar-refractivity contribution >= 4 is 0 Å². The Hall–Kier alpha value is -1.64. The highest BCUT2D eigenvalue weighted by Crippen LogP contribution is 2.25. The third-order valence-electron chi connectivity index (χ3n) is 3.33. The molecule has 3 nitrogen and oxygen atoms in total. The lowest BCUT2D eigenvalue weighted by molar-refractivity contribution is 0.589. The summed E-state index contributed by atoms with van der Waals surface area (Å²) in [5.74, 6) is 0. The molecule has 0 unspecified atom stereocenters. The molecule has 0 aliphatic heterocycles. The first kappa shape index (κ1) is 12.8. The SMILES string of the molecule is Cc1ccc(C(C)(C)C)cc1CCc1cn[nH]n1. The molecule has 0 bridgehead atoms. The molecule has 0 saturated heterocycles. The van der Waals surface area contributed by atoms with Crippen LogP contribution >= 0.6 is 0 Å².